The zero-order chi connectivity index (χ0) is 21.7. The average molecular weight is 482 g/mol. The Hall–Kier alpha value is -1.86. The molecule has 8 heteroatoms. The Labute approximate surface area is 199 Å². The largest absolute Gasteiger partial charge is 0.494 e. The number of carbonyl (C=O) groups is 1. The summed E-state index contributed by atoms with van der Waals surface area (Å²) in [4.78, 5) is 22.3. The molecule has 1 amide bonds. The standard InChI is InChI=1S/C23H28ClN3O2S.ClH/c1-5-26(6-2)13-14-27(20(28)15-17-9-7-8-10-18(17)24)23-25-21-19(29-4)12-11-16(3)22(21)30-23;/h7-12H,5-6,13-15H2,1-4H3;1H. The molecule has 0 unspecified atom stereocenters. The van der Waals surface area contributed by atoms with Crippen molar-refractivity contribution in [2.45, 2.75) is 27.2 Å². The number of amides is 1. The second-order valence-corrected chi connectivity index (χ2v) is 8.48. The fourth-order valence-corrected chi connectivity index (χ4v) is 4.68. The summed E-state index contributed by atoms with van der Waals surface area (Å²) in [5, 5.41) is 1.30. The van der Waals surface area contributed by atoms with Gasteiger partial charge in [0, 0.05) is 18.1 Å². The van der Waals surface area contributed by atoms with Crippen LogP contribution in [0.4, 0.5) is 5.13 Å². The number of thiazole rings is 1. The van der Waals surface area contributed by atoms with Gasteiger partial charge in [-0.2, -0.15) is 0 Å². The molecule has 0 aliphatic rings. The number of aromatic nitrogens is 1. The van der Waals surface area contributed by atoms with E-state index in [1.165, 1.54) is 11.3 Å². The molecule has 5 nitrogen and oxygen atoms in total. The first kappa shape index (κ1) is 25.4. The van der Waals surface area contributed by atoms with E-state index < -0.39 is 0 Å². The van der Waals surface area contributed by atoms with Crippen molar-refractivity contribution in [2.75, 3.05) is 38.2 Å². The average Bonchev–Trinajstić information content (AvgIpc) is 3.19. The van der Waals surface area contributed by atoms with Crippen molar-refractivity contribution in [3.05, 3.63) is 52.5 Å². The number of nitrogens with zero attached hydrogens (tertiary/aromatic N) is 3. The summed E-state index contributed by atoms with van der Waals surface area (Å²) in [5.74, 6) is 0.714. The molecule has 3 aromatic rings. The van der Waals surface area contributed by atoms with Gasteiger partial charge in [0.25, 0.3) is 0 Å². The Bertz CT molecular complexity index is 1020. The maximum absolute atomic E-state index is 13.4. The third-order valence-electron chi connectivity index (χ3n) is 5.28. The van der Waals surface area contributed by atoms with E-state index in [1.54, 1.807) is 12.0 Å². The Balaban J connectivity index is 0.00000341. The summed E-state index contributed by atoms with van der Waals surface area (Å²) < 4.78 is 6.54. The molecule has 168 valence electrons. The topological polar surface area (TPSA) is 45.7 Å². The summed E-state index contributed by atoms with van der Waals surface area (Å²) in [6.45, 7) is 9.55. The maximum Gasteiger partial charge on any atom is 0.233 e. The lowest BCUT2D eigenvalue weighted by molar-refractivity contribution is -0.118. The third-order valence-corrected chi connectivity index (χ3v) is 6.86. The normalized spacial score (nSPS) is 10.9. The van der Waals surface area contributed by atoms with Gasteiger partial charge in [-0.25, -0.2) is 4.98 Å². The molecule has 0 saturated heterocycles. The minimum Gasteiger partial charge on any atom is -0.494 e. The second-order valence-electron chi connectivity index (χ2n) is 7.10. The lowest BCUT2D eigenvalue weighted by Gasteiger charge is -2.25. The first-order valence-corrected chi connectivity index (χ1v) is 11.4. The van der Waals surface area contributed by atoms with E-state index in [4.69, 9.17) is 21.3 Å². The minimum absolute atomic E-state index is 0. The molecule has 1 heterocycles. The predicted molar refractivity (Wildman–Crippen MR) is 133 cm³/mol. The van der Waals surface area contributed by atoms with Crippen LogP contribution in [0.1, 0.15) is 25.0 Å². The van der Waals surface area contributed by atoms with E-state index in [1.807, 2.05) is 36.4 Å². The van der Waals surface area contributed by atoms with Crippen molar-refractivity contribution in [3.63, 3.8) is 0 Å². The SMILES string of the molecule is CCN(CC)CCN(C(=O)Cc1ccccc1Cl)c1nc2c(OC)ccc(C)c2s1.Cl. The number of likely N-dealkylation sites (N-methyl/N-ethyl adjacent to an activating group) is 1. The summed E-state index contributed by atoms with van der Waals surface area (Å²) in [6, 6.07) is 11.4. The van der Waals surface area contributed by atoms with Gasteiger partial charge < -0.3 is 9.64 Å². The predicted octanol–water partition coefficient (Wildman–Crippen LogP) is 5.61. The third kappa shape index (κ3) is 5.89. The lowest BCUT2D eigenvalue weighted by Crippen LogP contribution is -2.39. The molecule has 0 aliphatic carbocycles. The van der Waals surface area contributed by atoms with Gasteiger partial charge in [-0.3, -0.25) is 9.69 Å². The van der Waals surface area contributed by atoms with E-state index in [9.17, 15) is 4.79 Å². The van der Waals surface area contributed by atoms with E-state index >= 15 is 0 Å². The van der Waals surface area contributed by atoms with E-state index in [0.29, 0.717) is 16.7 Å². The molecule has 0 spiro atoms. The van der Waals surface area contributed by atoms with Crippen molar-refractivity contribution in [1.29, 1.82) is 0 Å². The molecule has 0 saturated carbocycles. The monoisotopic (exact) mass is 481 g/mol. The zero-order valence-corrected chi connectivity index (χ0v) is 20.7. The highest BCUT2D eigenvalue weighted by Gasteiger charge is 2.23. The van der Waals surface area contributed by atoms with Gasteiger partial charge in [0.05, 0.1) is 18.2 Å². The molecular weight excluding hydrogens is 453 g/mol. The van der Waals surface area contributed by atoms with Crippen LogP contribution in [0.3, 0.4) is 0 Å². The van der Waals surface area contributed by atoms with Crippen LogP contribution in [0.2, 0.25) is 5.02 Å². The lowest BCUT2D eigenvalue weighted by atomic mass is 10.1. The summed E-state index contributed by atoms with van der Waals surface area (Å²) in [7, 11) is 1.64. The molecule has 3 rings (SSSR count). The number of aryl methyl sites for hydroxylation is 1. The molecule has 2 aromatic carbocycles. The van der Waals surface area contributed by atoms with Crippen LogP contribution < -0.4 is 9.64 Å². The fourth-order valence-electron chi connectivity index (χ4n) is 3.39. The van der Waals surface area contributed by atoms with Gasteiger partial charge in [-0.05, 0) is 43.3 Å². The molecule has 1 aromatic heterocycles. The van der Waals surface area contributed by atoms with Crippen molar-refractivity contribution >= 4 is 56.6 Å². The zero-order valence-electron chi connectivity index (χ0n) is 18.4. The van der Waals surface area contributed by atoms with Crippen LogP contribution in [0.5, 0.6) is 5.75 Å². The fraction of sp³-hybridized carbons (Fsp3) is 0.391. The number of carbonyl (C=O) groups excluding carboxylic acids is 1. The van der Waals surface area contributed by atoms with Gasteiger partial charge in [0.15, 0.2) is 5.13 Å². The molecule has 0 radical (unpaired) electrons. The molecule has 31 heavy (non-hydrogen) atoms. The Morgan fingerprint density at radius 3 is 2.48 bits per heavy atom. The van der Waals surface area contributed by atoms with Crippen LogP contribution in [0, 0.1) is 6.92 Å². The van der Waals surface area contributed by atoms with Gasteiger partial charge >= 0.3 is 0 Å². The van der Waals surface area contributed by atoms with E-state index in [-0.39, 0.29) is 24.7 Å². The minimum atomic E-state index is -0.00840. The van der Waals surface area contributed by atoms with Crippen molar-refractivity contribution in [2.24, 2.45) is 0 Å². The van der Waals surface area contributed by atoms with Crippen molar-refractivity contribution < 1.29 is 9.53 Å². The number of anilines is 1. The number of hydrogen-bond acceptors (Lipinski definition) is 5. The van der Waals surface area contributed by atoms with Crippen LogP contribution in [0.25, 0.3) is 10.2 Å². The van der Waals surface area contributed by atoms with Crippen molar-refractivity contribution in [3.8, 4) is 5.75 Å². The molecular formula is C23H29Cl2N3O2S. The van der Waals surface area contributed by atoms with E-state index in [2.05, 4.69) is 25.7 Å². The molecule has 0 atom stereocenters. The molecule has 0 aliphatic heterocycles. The summed E-state index contributed by atoms with van der Waals surface area (Å²) in [6.07, 6.45) is 0.240. The Kier molecular flexibility index (Phi) is 9.56. The number of benzene rings is 2. The van der Waals surface area contributed by atoms with Gasteiger partial charge in [0.1, 0.15) is 11.3 Å². The summed E-state index contributed by atoms with van der Waals surface area (Å²) in [5.41, 5.74) is 2.75. The number of methoxy groups -OCH3 is 1. The van der Waals surface area contributed by atoms with E-state index in [0.717, 1.165) is 46.7 Å². The highest BCUT2D eigenvalue weighted by molar-refractivity contribution is 7.22. The first-order chi connectivity index (χ1) is 14.5. The summed E-state index contributed by atoms with van der Waals surface area (Å²) >= 11 is 7.84. The van der Waals surface area contributed by atoms with Crippen LogP contribution in [0.15, 0.2) is 36.4 Å². The number of halogens is 2. The number of ether oxygens (including phenoxy) is 1. The van der Waals surface area contributed by atoms with Gasteiger partial charge in [-0.15, -0.1) is 12.4 Å². The Morgan fingerprint density at radius 2 is 1.84 bits per heavy atom. The first-order valence-electron chi connectivity index (χ1n) is 10.2. The second kappa shape index (κ2) is 11.7. The number of rotatable bonds is 9. The highest BCUT2D eigenvalue weighted by Crippen LogP contribution is 2.36. The number of fused-ring (bicyclic) bond motifs is 1. The van der Waals surface area contributed by atoms with Crippen LogP contribution in [-0.2, 0) is 11.2 Å². The van der Waals surface area contributed by atoms with Gasteiger partial charge in [0.2, 0.25) is 5.91 Å². The van der Waals surface area contributed by atoms with Crippen molar-refractivity contribution in [1.82, 2.24) is 9.88 Å². The Morgan fingerprint density at radius 1 is 1.13 bits per heavy atom. The van der Waals surface area contributed by atoms with Crippen LogP contribution >= 0.6 is 35.3 Å². The molecule has 0 N–H and O–H groups in total. The van der Waals surface area contributed by atoms with Gasteiger partial charge in [-0.1, -0.05) is 61.1 Å². The highest BCUT2D eigenvalue weighted by atomic mass is 35.5. The quantitative estimate of drug-likeness (QED) is 0.398. The smallest absolute Gasteiger partial charge is 0.233 e. The molecule has 0 fully saturated rings. The molecule has 0 bridgehead atoms. The number of hydrogen-bond donors (Lipinski definition) is 0. The maximum atomic E-state index is 13.4. The van der Waals surface area contributed by atoms with Crippen LogP contribution in [-0.4, -0.2) is 49.1 Å².